The maximum absolute atomic E-state index is 6.04. The van der Waals surface area contributed by atoms with Crippen molar-refractivity contribution >= 4 is 5.88 Å². The second-order valence-corrected chi connectivity index (χ2v) is 7.79. The van der Waals surface area contributed by atoms with Crippen molar-refractivity contribution in [2.24, 2.45) is 0 Å². The van der Waals surface area contributed by atoms with Crippen molar-refractivity contribution in [3.05, 3.63) is 41.2 Å². The largest absolute Gasteiger partial charge is 0.444 e. The van der Waals surface area contributed by atoms with Gasteiger partial charge in [0.15, 0.2) is 5.88 Å². The summed E-state index contributed by atoms with van der Waals surface area (Å²) in [6.07, 6.45) is 2.99. The summed E-state index contributed by atoms with van der Waals surface area (Å²) in [6, 6.07) is 4.18. The van der Waals surface area contributed by atoms with Crippen LogP contribution in [0.1, 0.15) is 57.5 Å². The minimum Gasteiger partial charge on any atom is -0.444 e. The lowest BCUT2D eigenvalue weighted by molar-refractivity contribution is 0.223. The van der Waals surface area contributed by atoms with E-state index in [1.807, 2.05) is 6.20 Å². The van der Waals surface area contributed by atoms with Crippen LogP contribution in [0.5, 0.6) is 0 Å². The summed E-state index contributed by atoms with van der Waals surface area (Å²) in [4.78, 5) is 14.0. The molecule has 0 spiro atoms. The molecule has 25 heavy (non-hydrogen) atoms. The van der Waals surface area contributed by atoms with E-state index in [4.69, 9.17) is 9.40 Å². The number of fused-ring (bicyclic) bond motifs is 1. The Balaban J connectivity index is 1.67. The number of rotatable bonds is 5. The highest BCUT2D eigenvalue weighted by atomic mass is 16.4. The summed E-state index contributed by atoms with van der Waals surface area (Å²) in [5, 5.41) is 0. The van der Waals surface area contributed by atoms with Crippen molar-refractivity contribution in [2.75, 3.05) is 24.5 Å². The minimum atomic E-state index is 0.00115. The number of hydrogen-bond acceptors (Lipinski definition) is 5. The average Bonchev–Trinajstić information content (AvgIpc) is 3.03. The van der Waals surface area contributed by atoms with E-state index in [0.29, 0.717) is 0 Å². The normalized spacial score (nSPS) is 15.2. The summed E-state index contributed by atoms with van der Waals surface area (Å²) in [5.41, 5.74) is 2.45. The predicted molar refractivity (Wildman–Crippen MR) is 101 cm³/mol. The van der Waals surface area contributed by atoms with E-state index in [-0.39, 0.29) is 5.41 Å². The molecule has 0 aromatic carbocycles. The number of furan rings is 1. The van der Waals surface area contributed by atoms with Crippen LogP contribution in [0.15, 0.2) is 22.7 Å². The van der Waals surface area contributed by atoms with Crippen LogP contribution in [0.3, 0.4) is 0 Å². The first kappa shape index (κ1) is 17.9. The Kier molecular flexibility index (Phi) is 5.13. The molecular weight excluding hydrogens is 312 g/mol. The molecule has 0 radical (unpaired) electrons. The molecule has 0 N–H and O–H groups in total. The Morgan fingerprint density at radius 3 is 2.64 bits per heavy atom. The second kappa shape index (κ2) is 7.16. The number of aromatic nitrogens is 2. The van der Waals surface area contributed by atoms with E-state index in [1.165, 1.54) is 11.3 Å². The van der Waals surface area contributed by atoms with Gasteiger partial charge in [-0.2, -0.15) is 0 Å². The van der Waals surface area contributed by atoms with Crippen molar-refractivity contribution in [1.82, 2.24) is 14.9 Å². The van der Waals surface area contributed by atoms with Gasteiger partial charge in [-0.25, -0.2) is 9.97 Å². The lowest BCUT2D eigenvalue weighted by Crippen LogP contribution is -2.31. The Morgan fingerprint density at radius 1 is 1.20 bits per heavy atom. The van der Waals surface area contributed by atoms with E-state index in [9.17, 15) is 0 Å². The molecule has 136 valence electrons. The van der Waals surface area contributed by atoms with Crippen molar-refractivity contribution in [3.8, 4) is 0 Å². The molecule has 0 fully saturated rings. The lowest BCUT2D eigenvalue weighted by atomic mass is 9.95. The quantitative estimate of drug-likeness (QED) is 0.827. The highest BCUT2D eigenvalue weighted by molar-refractivity contribution is 5.36. The predicted octanol–water partition coefficient (Wildman–Crippen LogP) is 3.77. The van der Waals surface area contributed by atoms with Crippen LogP contribution in [0.4, 0.5) is 5.88 Å². The highest BCUT2D eigenvalue weighted by Crippen LogP contribution is 2.25. The fourth-order valence-electron chi connectivity index (χ4n) is 3.25. The van der Waals surface area contributed by atoms with Crippen LogP contribution in [-0.4, -0.2) is 34.5 Å². The first-order valence-corrected chi connectivity index (χ1v) is 9.32. The molecule has 0 atom stereocenters. The van der Waals surface area contributed by atoms with Crippen LogP contribution < -0.4 is 4.90 Å². The van der Waals surface area contributed by atoms with E-state index in [2.05, 4.69) is 61.5 Å². The third-order valence-electron chi connectivity index (χ3n) is 4.79. The maximum Gasteiger partial charge on any atom is 0.195 e. The summed E-state index contributed by atoms with van der Waals surface area (Å²) >= 11 is 0. The molecule has 0 bridgehead atoms. The Labute approximate surface area is 151 Å². The molecule has 0 unspecified atom stereocenters. The van der Waals surface area contributed by atoms with Crippen LogP contribution in [0, 0.1) is 0 Å². The van der Waals surface area contributed by atoms with Crippen molar-refractivity contribution in [2.45, 2.75) is 59.5 Å². The summed E-state index contributed by atoms with van der Waals surface area (Å²) in [6.45, 7) is 15.5. The first-order valence-electron chi connectivity index (χ1n) is 9.32. The molecule has 1 aliphatic heterocycles. The molecule has 0 saturated carbocycles. The van der Waals surface area contributed by atoms with Gasteiger partial charge in [0.2, 0.25) is 0 Å². The number of hydrogen-bond donors (Lipinski definition) is 0. The molecule has 3 heterocycles. The second-order valence-electron chi connectivity index (χ2n) is 7.79. The number of anilines is 1. The zero-order valence-electron chi connectivity index (χ0n) is 16.2. The monoisotopic (exact) mass is 342 g/mol. The molecular formula is C20H30N4O. The van der Waals surface area contributed by atoms with E-state index in [0.717, 1.165) is 56.6 Å². The van der Waals surface area contributed by atoms with Crippen LogP contribution in [-0.2, 0) is 24.9 Å². The summed E-state index contributed by atoms with van der Waals surface area (Å²) in [5.74, 6) is 2.93. The van der Waals surface area contributed by atoms with Gasteiger partial charge >= 0.3 is 0 Å². The fraction of sp³-hybridized carbons (Fsp3) is 0.600. The highest BCUT2D eigenvalue weighted by Gasteiger charge is 2.23. The van der Waals surface area contributed by atoms with Gasteiger partial charge < -0.3 is 9.32 Å². The Bertz CT molecular complexity index is 713. The molecule has 5 nitrogen and oxygen atoms in total. The summed E-state index contributed by atoms with van der Waals surface area (Å²) < 4.78 is 6.04. The third kappa shape index (κ3) is 4.03. The standard InChI is InChI=1S/C20H30N4O/c1-6-24(7-2)18-9-8-16(25-18)14-23-11-10-17-15(13-23)12-21-19(22-17)20(3,4)5/h8-9,12H,6-7,10-11,13-14H2,1-5H3. The van der Waals surface area contributed by atoms with Gasteiger partial charge in [0.1, 0.15) is 11.6 Å². The van der Waals surface area contributed by atoms with E-state index < -0.39 is 0 Å². The molecule has 5 heteroatoms. The van der Waals surface area contributed by atoms with Crippen LogP contribution in [0.2, 0.25) is 0 Å². The fourth-order valence-corrected chi connectivity index (χ4v) is 3.25. The van der Waals surface area contributed by atoms with Crippen LogP contribution >= 0.6 is 0 Å². The summed E-state index contributed by atoms with van der Waals surface area (Å²) in [7, 11) is 0. The van der Waals surface area contributed by atoms with Gasteiger partial charge in [0.25, 0.3) is 0 Å². The molecule has 2 aromatic heterocycles. The van der Waals surface area contributed by atoms with Gasteiger partial charge in [-0.15, -0.1) is 0 Å². The zero-order chi connectivity index (χ0) is 18.0. The minimum absolute atomic E-state index is 0.00115. The molecule has 1 aliphatic rings. The van der Waals surface area contributed by atoms with Crippen molar-refractivity contribution in [1.29, 1.82) is 0 Å². The van der Waals surface area contributed by atoms with Crippen molar-refractivity contribution in [3.63, 3.8) is 0 Å². The van der Waals surface area contributed by atoms with Gasteiger partial charge in [0, 0.05) is 61.5 Å². The van der Waals surface area contributed by atoms with E-state index >= 15 is 0 Å². The maximum atomic E-state index is 6.04. The molecule has 2 aromatic rings. The molecule has 0 aliphatic carbocycles. The van der Waals surface area contributed by atoms with Gasteiger partial charge in [-0.05, 0) is 19.9 Å². The molecule has 0 amide bonds. The van der Waals surface area contributed by atoms with Gasteiger partial charge in [0.05, 0.1) is 6.54 Å². The third-order valence-corrected chi connectivity index (χ3v) is 4.79. The Hall–Kier alpha value is -1.88. The molecule has 3 rings (SSSR count). The lowest BCUT2D eigenvalue weighted by Gasteiger charge is -2.28. The van der Waals surface area contributed by atoms with E-state index in [1.54, 1.807) is 0 Å². The first-order chi connectivity index (χ1) is 11.9. The SMILES string of the molecule is CCN(CC)c1ccc(CN2CCc3nc(C(C)(C)C)ncc3C2)o1. The van der Waals surface area contributed by atoms with Crippen LogP contribution in [0.25, 0.3) is 0 Å². The van der Waals surface area contributed by atoms with Gasteiger partial charge in [-0.1, -0.05) is 20.8 Å². The molecule has 0 saturated heterocycles. The zero-order valence-corrected chi connectivity index (χ0v) is 16.2. The smallest absolute Gasteiger partial charge is 0.195 e. The average molecular weight is 342 g/mol. The number of nitrogens with zero attached hydrogens (tertiary/aromatic N) is 4. The topological polar surface area (TPSA) is 45.4 Å². The van der Waals surface area contributed by atoms with Gasteiger partial charge in [-0.3, -0.25) is 4.90 Å². The Morgan fingerprint density at radius 2 is 1.96 bits per heavy atom. The van der Waals surface area contributed by atoms with Crippen molar-refractivity contribution < 1.29 is 4.42 Å².